The van der Waals surface area contributed by atoms with Gasteiger partial charge >= 0.3 is 0 Å². The number of ether oxygens (including phenoxy) is 2. The molecule has 26 heavy (non-hydrogen) atoms. The molecule has 1 aliphatic heterocycles. The number of hydrogen-bond acceptors (Lipinski definition) is 4. The number of pyridine rings is 1. The summed E-state index contributed by atoms with van der Waals surface area (Å²) >= 11 is 0. The van der Waals surface area contributed by atoms with Gasteiger partial charge in [0.1, 0.15) is 0 Å². The highest BCUT2D eigenvalue weighted by Gasteiger charge is 2.14. The van der Waals surface area contributed by atoms with E-state index in [2.05, 4.69) is 10.3 Å². The number of aromatic nitrogens is 1. The van der Waals surface area contributed by atoms with Gasteiger partial charge in [-0.2, -0.15) is 0 Å². The van der Waals surface area contributed by atoms with E-state index in [1.807, 2.05) is 56.3 Å². The number of fused-ring (bicyclic) bond motifs is 1. The summed E-state index contributed by atoms with van der Waals surface area (Å²) in [4.78, 5) is 16.8. The number of hydrogen-bond donors (Lipinski definition) is 1. The van der Waals surface area contributed by atoms with E-state index in [0.29, 0.717) is 11.3 Å². The highest BCUT2D eigenvalue weighted by molar-refractivity contribution is 6.04. The van der Waals surface area contributed by atoms with Crippen LogP contribution in [0.5, 0.6) is 11.5 Å². The first-order valence-electron chi connectivity index (χ1n) is 8.35. The van der Waals surface area contributed by atoms with Crippen LogP contribution in [0.4, 0.5) is 5.69 Å². The number of carbonyl (C=O) groups excluding carboxylic acids is 1. The molecule has 3 aromatic rings. The first kappa shape index (κ1) is 16.1. The lowest BCUT2D eigenvalue weighted by Crippen LogP contribution is -2.12. The normalized spacial score (nSPS) is 12.1. The topological polar surface area (TPSA) is 60.5 Å². The standard InChI is InChI=1S/C21H18N2O3/c1-13-3-6-17(9-14(13)2)23-21(24)16-4-7-18(22-11-16)15-5-8-19-20(10-15)26-12-25-19/h3-11H,12H2,1-2H3,(H,23,24). The van der Waals surface area contributed by atoms with Gasteiger partial charge in [-0.3, -0.25) is 9.78 Å². The molecule has 0 saturated heterocycles. The van der Waals surface area contributed by atoms with Crippen LogP contribution in [-0.2, 0) is 0 Å². The molecule has 0 spiro atoms. The van der Waals surface area contributed by atoms with Crippen molar-refractivity contribution in [3.63, 3.8) is 0 Å². The number of carbonyl (C=O) groups is 1. The maximum absolute atomic E-state index is 12.4. The summed E-state index contributed by atoms with van der Waals surface area (Å²) in [5.41, 5.74) is 5.30. The molecular weight excluding hydrogens is 328 g/mol. The van der Waals surface area contributed by atoms with Gasteiger partial charge in [0.15, 0.2) is 11.5 Å². The van der Waals surface area contributed by atoms with Crippen LogP contribution in [0, 0.1) is 13.8 Å². The minimum absolute atomic E-state index is 0.182. The van der Waals surface area contributed by atoms with Gasteiger partial charge in [0, 0.05) is 17.4 Å². The maximum atomic E-state index is 12.4. The van der Waals surface area contributed by atoms with Crippen molar-refractivity contribution in [1.82, 2.24) is 4.98 Å². The van der Waals surface area contributed by atoms with Crippen LogP contribution in [0.25, 0.3) is 11.3 Å². The van der Waals surface area contributed by atoms with Gasteiger partial charge in [-0.05, 0) is 67.4 Å². The molecular formula is C21H18N2O3. The first-order valence-corrected chi connectivity index (χ1v) is 8.35. The van der Waals surface area contributed by atoms with Gasteiger partial charge in [0.2, 0.25) is 6.79 Å². The maximum Gasteiger partial charge on any atom is 0.257 e. The third-order valence-corrected chi connectivity index (χ3v) is 4.46. The number of amides is 1. The number of benzene rings is 2. The molecule has 130 valence electrons. The fourth-order valence-corrected chi connectivity index (χ4v) is 2.78. The lowest BCUT2D eigenvalue weighted by Gasteiger charge is -2.08. The van der Waals surface area contributed by atoms with Gasteiger partial charge in [-0.15, -0.1) is 0 Å². The fourth-order valence-electron chi connectivity index (χ4n) is 2.78. The van der Waals surface area contributed by atoms with Crippen molar-refractivity contribution in [1.29, 1.82) is 0 Å². The molecule has 0 radical (unpaired) electrons. The third kappa shape index (κ3) is 3.11. The minimum atomic E-state index is -0.182. The SMILES string of the molecule is Cc1ccc(NC(=O)c2ccc(-c3ccc4c(c3)OCO4)nc2)cc1C. The number of anilines is 1. The van der Waals surface area contributed by atoms with Crippen molar-refractivity contribution in [2.75, 3.05) is 12.1 Å². The van der Waals surface area contributed by atoms with Crippen LogP contribution in [0.1, 0.15) is 21.5 Å². The number of rotatable bonds is 3. The monoisotopic (exact) mass is 346 g/mol. The summed E-state index contributed by atoms with van der Waals surface area (Å²) in [5, 5.41) is 2.90. The molecule has 1 aliphatic rings. The average molecular weight is 346 g/mol. The Morgan fingerprint density at radius 2 is 1.81 bits per heavy atom. The van der Waals surface area contributed by atoms with Crippen LogP contribution in [0.15, 0.2) is 54.7 Å². The zero-order valence-electron chi connectivity index (χ0n) is 14.6. The molecule has 5 nitrogen and oxygen atoms in total. The van der Waals surface area contributed by atoms with Crippen LogP contribution in [-0.4, -0.2) is 17.7 Å². The molecule has 0 saturated carbocycles. The van der Waals surface area contributed by atoms with Crippen molar-refractivity contribution in [2.24, 2.45) is 0 Å². The second kappa shape index (κ2) is 6.52. The Labute approximate surface area is 151 Å². The number of aryl methyl sites for hydroxylation is 2. The van der Waals surface area contributed by atoms with Crippen molar-refractivity contribution in [2.45, 2.75) is 13.8 Å². The lowest BCUT2D eigenvalue weighted by atomic mass is 10.1. The van der Waals surface area contributed by atoms with E-state index in [0.717, 1.165) is 28.3 Å². The summed E-state index contributed by atoms with van der Waals surface area (Å²) in [6, 6.07) is 15.1. The Morgan fingerprint density at radius 1 is 0.962 bits per heavy atom. The molecule has 2 aromatic carbocycles. The van der Waals surface area contributed by atoms with Gasteiger partial charge < -0.3 is 14.8 Å². The van der Waals surface area contributed by atoms with E-state index in [4.69, 9.17) is 9.47 Å². The van der Waals surface area contributed by atoms with Crippen LogP contribution in [0.2, 0.25) is 0 Å². The summed E-state index contributed by atoms with van der Waals surface area (Å²) in [6.45, 7) is 4.30. The molecule has 5 heteroatoms. The lowest BCUT2D eigenvalue weighted by molar-refractivity contribution is 0.102. The average Bonchev–Trinajstić information content (AvgIpc) is 3.12. The highest BCUT2D eigenvalue weighted by atomic mass is 16.7. The summed E-state index contributed by atoms with van der Waals surface area (Å²) < 4.78 is 10.7. The summed E-state index contributed by atoms with van der Waals surface area (Å²) in [5.74, 6) is 1.26. The van der Waals surface area contributed by atoms with E-state index < -0.39 is 0 Å². The van der Waals surface area contributed by atoms with Gasteiger partial charge in [0.05, 0.1) is 11.3 Å². The zero-order valence-corrected chi connectivity index (χ0v) is 14.6. The quantitative estimate of drug-likeness (QED) is 0.766. The van der Waals surface area contributed by atoms with E-state index in [9.17, 15) is 4.79 Å². The molecule has 0 atom stereocenters. The van der Waals surface area contributed by atoms with Crippen molar-refractivity contribution in [3.8, 4) is 22.8 Å². The van der Waals surface area contributed by atoms with Crippen molar-refractivity contribution in [3.05, 3.63) is 71.4 Å². The van der Waals surface area contributed by atoms with Gasteiger partial charge in [0.25, 0.3) is 5.91 Å². The second-order valence-corrected chi connectivity index (χ2v) is 6.25. The fraction of sp³-hybridized carbons (Fsp3) is 0.143. The third-order valence-electron chi connectivity index (χ3n) is 4.46. The second-order valence-electron chi connectivity index (χ2n) is 6.25. The Kier molecular flexibility index (Phi) is 4.05. The Morgan fingerprint density at radius 3 is 2.58 bits per heavy atom. The molecule has 4 rings (SSSR count). The van der Waals surface area contributed by atoms with Gasteiger partial charge in [-0.1, -0.05) is 6.07 Å². The number of nitrogens with one attached hydrogen (secondary N) is 1. The minimum Gasteiger partial charge on any atom is -0.454 e. The van der Waals surface area contributed by atoms with Crippen molar-refractivity contribution < 1.29 is 14.3 Å². The Balaban J connectivity index is 1.51. The van der Waals surface area contributed by atoms with Gasteiger partial charge in [-0.25, -0.2) is 0 Å². The van der Waals surface area contributed by atoms with E-state index >= 15 is 0 Å². The predicted molar refractivity (Wildman–Crippen MR) is 99.7 cm³/mol. The van der Waals surface area contributed by atoms with Crippen LogP contribution < -0.4 is 14.8 Å². The van der Waals surface area contributed by atoms with Crippen LogP contribution in [0.3, 0.4) is 0 Å². The largest absolute Gasteiger partial charge is 0.454 e. The van der Waals surface area contributed by atoms with E-state index in [-0.39, 0.29) is 12.7 Å². The Hall–Kier alpha value is -3.34. The summed E-state index contributed by atoms with van der Waals surface area (Å²) in [7, 11) is 0. The predicted octanol–water partition coefficient (Wildman–Crippen LogP) is 4.35. The molecule has 1 N–H and O–H groups in total. The molecule has 0 fully saturated rings. The Bertz CT molecular complexity index is 981. The van der Waals surface area contributed by atoms with Crippen molar-refractivity contribution >= 4 is 11.6 Å². The molecule has 1 aromatic heterocycles. The van der Waals surface area contributed by atoms with Crippen LogP contribution >= 0.6 is 0 Å². The zero-order chi connectivity index (χ0) is 18.1. The number of nitrogens with zero attached hydrogens (tertiary/aromatic N) is 1. The van der Waals surface area contributed by atoms with E-state index in [1.54, 1.807) is 12.3 Å². The smallest absolute Gasteiger partial charge is 0.257 e. The molecule has 2 heterocycles. The molecule has 0 aliphatic carbocycles. The highest BCUT2D eigenvalue weighted by Crippen LogP contribution is 2.35. The van der Waals surface area contributed by atoms with E-state index in [1.165, 1.54) is 5.56 Å². The molecule has 0 unspecified atom stereocenters. The molecule has 0 bridgehead atoms. The summed E-state index contributed by atoms with van der Waals surface area (Å²) in [6.07, 6.45) is 1.58. The molecule has 1 amide bonds. The first-order chi connectivity index (χ1) is 12.6.